The topological polar surface area (TPSA) is 66.4 Å². The van der Waals surface area contributed by atoms with Gasteiger partial charge in [0, 0.05) is 5.56 Å². The van der Waals surface area contributed by atoms with Crippen LogP contribution in [-0.2, 0) is 4.79 Å². The predicted molar refractivity (Wildman–Crippen MR) is 55.6 cm³/mol. The van der Waals surface area contributed by atoms with Gasteiger partial charge in [-0.3, -0.25) is 4.79 Å². The highest BCUT2D eigenvalue weighted by Gasteiger charge is 2.17. The van der Waals surface area contributed by atoms with Crippen LogP contribution in [0.3, 0.4) is 0 Å². The van der Waals surface area contributed by atoms with E-state index >= 15 is 0 Å². The van der Waals surface area contributed by atoms with Gasteiger partial charge in [0.1, 0.15) is 6.04 Å². The highest BCUT2D eigenvalue weighted by Crippen LogP contribution is 2.00. The summed E-state index contributed by atoms with van der Waals surface area (Å²) in [6.45, 7) is 1.71. The van der Waals surface area contributed by atoms with Crippen molar-refractivity contribution in [1.82, 2.24) is 5.32 Å². The molecule has 1 atom stereocenters. The third-order valence-corrected chi connectivity index (χ3v) is 2.05. The molecule has 0 saturated heterocycles. The van der Waals surface area contributed by atoms with Crippen molar-refractivity contribution >= 4 is 11.9 Å². The van der Waals surface area contributed by atoms with Crippen LogP contribution in [-0.4, -0.2) is 23.0 Å². The van der Waals surface area contributed by atoms with E-state index in [-0.39, 0.29) is 5.91 Å². The van der Waals surface area contributed by atoms with E-state index in [2.05, 4.69) is 5.32 Å². The van der Waals surface area contributed by atoms with Gasteiger partial charge in [-0.05, 0) is 18.6 Å². The number of carbonyl (C=O) groups is 2. The van der Waals surface area contributed by atoms with E-state index in [1.807, 2.05) is 0 Å². The Hall–Kier alpha value is -1.84. The van der Waals surface area contributed by atoms with Crippen LogP contribution in [0.15, 0.2) is 30.3 Å². The smallest absolute Gasteiger partial charge is 0.326 e. The molecule has 15 heavy (non-hydrogen) atoms. The maximum absolute atomic E-state index is 11.5. The van der Waals surface area contributed by atoms with Crippen LogP contribution < -0.4 is 5.32 Å². The maximum Gasteiger partial charge on any atom is 0.326 e. The molecule has 80 valence electrons. The molecule has 0 aliphatic heterocycles. The van der Waals surface area contributed by atoms with Crippen molar-refractivity contribution in [2.24, 2.45) is 0 Å². The highest BCUT2D eigenvalue weighted by atomic mass is 16.4. The number of benzene rings is 1. The molecule has 0 aliphatic rings. The minimum Gasteiger partial charge on any atom is -0.480 e. The van der Waals surface area contributed by atoms with Crippen molar-refractivity contribution in [3.8, 4) is 0 Å². The van der Waals surface area contributed by atoms with E-state index in [1.54, 1.807) is 37.3 Å². The van der Waals surface area contributed by atoms with Gasteiger partial charge in [-0.1, -0.05) is 25.1 Å². The van der Waals surface area contributed by atoms with Crippen LogP contribution in [0.2, 0.25) is 0 Å². The first kappa shape index (κ1) is 11.2. The molecule has 4 nitrogen and oxygen atoms in total. The zero-order valence-electron chi connectivity index (χ0n) is 8.43. The second-order valence-electron chi connectivity index (χ2n) is 3.14. The van der Waals surface area contributed by atoms with Crippen LogP contribution in [0.5, 0.6) is 0 Å². The molecule has 0 bridgehead atoms. The van der Waals surface area contributed by atoms with Gasteiger partial charge in [0.05, 0.1) is 0 Å². The summed E-state index contributed by atoms with van der Waals surface area (Å²) in [7, 11) is 0. The van der Waals surface area contributed by atoms with Crippen LogP contribution in [0, 0.1) is 0 Å². The zero-order chi connectivity index (χ0) is 11.3. The second-order valence-corrected chi connectivity index (χ2v) is 3.14. The minimum absolute atomic E-state index is 0.357. The standard InChI is InChI=1S/C11H13NO3/c1-2-9(11(14)15)12-10(13)8-6-4-3-5-7-8/h3-7,9H,2H2,1H3,(H,12,13)(H,14,15)/t9-/m1/s1. The molecular formula is C11H13NO3. The van der Waals surface area contributed by atoms with Crippen LogP contribution in [0.4, 0.5) is 0 Å². The number of aliphatic carboxylic acids is 1. The number of rotatable bonds is 4. The molecule has 0 unspecified atom stereocenters. The van der Waals surface area contributed by atoms with Gasteiger partial charge in [0.15, 0.2) is 0 Å². The van der Waals surface area contributed by atoms with Gasteiger partial charge in [-0.25, -0.2) is 4.79 Å². The van der Waals surface area contributed by atoms with Crippen molar-refractivity contribution in [3.05, 3.63) is 35.9 Å². The molecule has 2 N–H and O–H groups in total. The Balaban J connectivity index is 2.67. The molecule has 0 spiro atoms. The predicted octanol–water partition coefficient (Wildman–Crippen LogP) is 1.28. The lowest BCUT2D eigenvalue weighted by atomic mass is 10.2. The zero-order valence-corrected chi connectivity index (χ0v) is 8.43. The van der Waals surface area contributed by atoms with Crippen LogP contribution in [0.25, 0.3) is 0 Å². The lowest BCUT2D eigenvalue weighted by Crippen LogP contribution is -2.40. The Morgan fingerprint density at radius 2 is 1.93 bits per heavy atom. The number of hydrogen-bond donors (Lipinski definition) is 2. The normalized spacial score (nSPS) is 11.8. The first-order chi connectivity index (χ1) is 7.15. The lowest BCUT2D eigenvalue weighted by Gasteiger charge is -2.11. The van der Waals surface area contributed by atoms with Crippen molar-refractivity contribution in [3.63, 3.8) is 0 Å². The molecule has 4 heteroatoms. The van der Waals surface area contributed by atoms with E-state index in [4.69, 9.17) is 5.11 Å². The molecule has 0 aromatic heterocycles. The Labute approximate surface area is 87.9 Å². The number of amides is 1. The van der Waals surface area contributed by atoms with Crippen molar-refractivity contribution in [2.45, 2.75) is 19.4 Å². The molecule has 1 amide bonds. The summed E-state index contributed by atoms with van der Waals surface area (Å²) in [6, 6.07) is 7.73. The number of carboxylic acid groups (broad SMARTS) is 1. The summed E-state index contributed by atoms with van der Waals surface area (Å²) in [5.74, 6) is -1.37. The molecule has 0 heterocycles. The Morgan fingerprint density at radius 3 is 2.40 bits per heavy atom. The second kappa shape index (κ2) is 5.14. The molecule has 0 fully saturated rings. The summed E-state index contributed by atoms with van der Waals surface area (Å²) in [5, 5.41) is 11.2. The van der Waals surface area contributed by atoms with Gasteiger partial charge in [-0.2, -0.15) is 0 Å². The maximum atomic E-state index is 11.5. The summed E-state index contributed by atoms with van der Waals surface area (Å²) < 4.78 is 0. The summed E-state index contributed by atoms with van der Waals surface area (Å²) >= 11 is 0. The fourth-order valence-corrected chi connectivity index (χ4v) is 1.17. The van der Waals surface area contributed by atoms with Gasteiger partial charge < -0.3 is 10.4 Å². The molecular weight excluding hydrogens is 194 g/mol. The average Bonchev–Trinajstić information content (AvgIpc) is 2.26. The van der Waals surface area contributed by atoms with E-state index in [1.165, 1.54) is 0 Å². The number of hydrogen-bond acceptors (Lipinski definition) is 2. The fourth-order valence-electron chi connectivity index (χ4n) is 1.17. The number of carboxylic acids is 1. The first-order valence-electron chi connectivity index (χ1n) is 4.74. The van der Waals surface area contributed by atoms with Crippen molar-refractivity contribution < 1.29 is 14.7 Å². The van der Waals surface area contributed by atoms with Crippen molar-refractivity contribution in [2.75, 3.05) is 0 Å². The van der Waals surface area contributed by atoms with Gasteiger partial charge in [-0.15, -0.1) is 0 Å². The molecule has 1 aromatic rings. The molecule has 1 rings (SSSR count). The average molecular weight is 207 g/mol. The van der Waals surface area contributed by atoms with Gasteiger partial charge >= 0.3 is 5.97 Å². The number of nitrogens with one attached hydrogen (secondary N) is 1. The fraction of sp³-hybridized carbons (Fsp3) is 0.273. The minimum atomic E-state index is -1.01. The van der Waals surface area contributed by atoms with Crippen LogP contribution in [0.1, 0.15) is 23.7 Å². The SMILES string of the molecule is CC[C@@H](NC(=O)c1ccccc1)C(=O)O. The summed E-state index contributed by atoms with van der Waals surface area (Å²) in [6.07, 6.45) is 0.369. The van der Waals surface area contributed by atoms with Crippen LogP contribution >= 0.6 is 0 Å². The van der Waals surface area contributed by atoms with E-state index < -0.39 is 12.0 Å². The summed E-state index contributed by atoms with van der Waals surface area (Å²) in [5.41, 5.74) is 0.470. The lowest BCUT2D eigenvalue weighted by molar-refractivity contribution is -0.139. The van der Waals surface area contributed by atoms with E-state index in [0.29, 0.717) is 12.0 Å². The first-order valence-corrected chi connectivity index (χ1v) is 4.74. The largest absolute Gasteiger partial charge is 0.480 e. The molecule has 0 radical (unpaired) electrons. The monoisotopic (exact) mass is 207 g/mol. The Kier molecular flexibility index (Phi) is 3.85. The van der Waals surface area contributed by atoms with E-state index in [9.17, 15) is 9.59 Å². The van der Waals surface area contributed by atoms with Gasteiger partial charge in [0.25, 0.3) is 5.91 Å². The molecule has 0 aliphatic carbocycles. The number of carbonyl (C=O) groups excluding carboxylic acids is 1. The molecule has 0 saturated carbocycles. The third-order valence-electron chi connectivity index (χ3n) is 2.05. The highest BCUT2D eigenvalue weighted by molar-refractivity contribution is 5.96. The Bertz CT molecular complexity index is 348. The summed E-state index contributed by atoms with van der Waals surface area (Å²) in [4.78, 5) is 22.2. The van der Waals surface area contributed by atoms with Gasteiger partial charge in [0.2, 0.25) is 0 Å². The third kappa shape index (κ3) is 3.09. The molecule has 1 aromatic carbocycles. The Morgan fingerprint density at radius 1 is 1.33 bits per heavy atom. The van der Waals surface area contributed by atoms with E-state index in [0.717, 1.165) is 0 Å². The van der Waals surface area contributed by atoms with Crippen molar-refractivity contribution in [1.29, 1.82) is 0 Å². The quantitative estimate of drug-likeness (QED) is 0.781.